The Morgan fingerprint density at radius 1 is 1.10 bits per heavy atom. The Bertz CT molecular complexity index is 493. The Morgan fingerprint density at radius 2 is 1.71 bits per heavy atom. The number of carbonyl (C=O) groups is 2. The van der Waals surface area contributed by atoms with E-state index in [9.17, 15) is 9.59 Å². The summed E-state index contributed by atoms with van der Waals surface area (Å²) in [6.45, 7) is 2.51. The summed E-state index contributed by atoms with van der Waals surface area (Å²) in [4.78, 5) is 26.4. The van der Waals surface area contributed by atoms with Crippen LogP contribution in [0.25, 0.3) is 0 Å². The molecule has 0 spiro atoms. The van der Waals surface area contributed by atoms with Crippen molar-refractivity contribution >= 4 is 17.6 Å². The van der Waals surface area contributed by atoms with Gasteiger partial charge in [0.05, 0.1) is 6.54 Å². The van der Waals surface area contributed by atoms with Crippen molar-refractivity contribution in [1.82, 2.24) is 9.80 Å². The van der Waals surface area contributed by atoms with Gasteiger partial charge in [-0.25, -0.2) is 0 Å². The summed E-state index contributed by atoms with van der Waals surface area (Å²) in [6, 6.07) is 7.55. The number of benzene rings is 1. The van der Waals surface area contributed by atoms with E-state index in [1.165, 1.54) is 0 Å². The minimum Gasteiger partial charge on any atom is -0.480 e. The fourth-order valence-electron chi connectivity index (χ4n) is 2.44. The van der Waals surface area contributed by atoms with Crippen molar-refractivity contribution in [2.45, 2.75) is 12.8 Å². The number of nitrogens with zero attached hydrogens (tertiary/aromatic N) is 2. The summed E-state index contributed by atoms with van der Waals surface area (Å²) >= 11 is 0. The largest absolute Gasteiger partial charge is 0.480 e. The van der Waals surface area contributed by atoms with Gasteiger partial charge < -0.3 is 15.7 Å². The maximum absolute atomic E-state index is 12.1. The first-order chi connectivity index (χ1) is 10.0. The molecule has 1 amide bonds. The first-order valence-electron chi connectivity index (χ1n) is 7.11. The highest BCUT2D eigenvalue weighted by Crippen LogP contribution is 2.10. The summed E-state index contributed by atoms with van der Waals surface area (Å²) in [5.41, 5.74) is 7.45. The van der Waals surface area contributed by atoms with Crippen LogP contribution in [-0.2, 0) is 16.0 Å². The summed E-state index contributed by atoms with van der Waals surface area (Å²) in [7, 11) is 0. The number of carbonyl (C=O) groups excluding carboxylic acids is 1. The highest BCUT2D eigenvalue weighted by molar-refractivity contribution is 5.76. The molecule has 0 bridgehead atoms. The summed E-state index contributed by atoms with van der Waals surface area (Å²) in [5, 5.41) is 8.74. The minimum absolute atomic E-state index is 0.0491. The summed E-state index contributed by atoms with van der Waals surface area (Å²) in [6.07, 6.45) is 1.18. The van der Waals surface area contributed by atoms with Crippen molar-refractivity contribution in [1.29, 1.82) is 0 Å². The zero-order valence-corrected chi connectivity index (χ0v) is 12.0. The number of rotatable bonds is 5. The normalized spacial score (nSPS) is 15.9. The van der Waals surface area contributed by atoms with Gasteiger partial charge >= 0.3 is 5.97 Å². The molecule has 3 N–H and O–H groups in total. The number of nitrogens with two attached hydrogens (primary N) is 1. The van der Waals surface area contributed by atoms with Crippen molar-refractivity contribution in [3.63, 3.8) is 0 Å². The maximum atomic E-state index is 12.1. The monoisotopic (exact) mass is 291 g/mol. The van der Waals surface area contributed by atoms with Crippen molar-refractivity contribution in [3.05, 3.63) is 29.8 Å². The Morgan fingerprint density at radius 3 is 2.29 bits per heavy atom. The molecule has 1 saturated heterocycles. The molecule has 0 aliphatic carbocycles. The van der Waals surface area contributed by atoms with Gasteiger partial charge in [0.2, 0.25) is 5.91 Å². The van der Waals surface area contributed by atoms with E-state index in [1.54, 1.807) is 0 Å². The van der Waals surface area contributed by atoms with Crippen LogP contribution in [0, 0.1) is 0 Å². The molecular weight excluding hydrogens is 270 g/mol. The van der Waals surface area contributed by atoms with Crippen LogP contribution < -0.4 is 5.73 Å². The van der Waals surface area contributed by atoms with Crippen LogP contribution >= 0.6 is 0 Å². The zero-order chi connectivity index (χ0) is 15.2. The number of carboxylic acid groups (broad SMARTS) is 1. The number of carboxylic acids is 1. The average Bonchev–Trinajstić information content (AvgIpc) is 2.46. The third-order valence-corrected chi connectivity index (χ3v) is 3.69. The van der Waals surface area contributed by atoms with Gasteiger partial charge in [0.25, 0.3) is 0 Å². The molecule has 1 aliphatic heterocycles. The van der Waals surface area contributed by atoms with E-state index in [1.807, 2.05) is 34.1 Å². The Labute approximate surface area is 124 Å². The van der Waals surface area contributed by atoms with E-state index in [0.29, 0.717) is 39.0 Å². The lowest BCUT2D eigenvalue weighted by atomic mass is 10.1. The van der Waals surface area contributed by atoms with E-state index in [2.05, 4.69) is 0 Å². The van der Waals surface area contributed by atoms with Gasteiger partial charge in [-0.1, -0.05) is 12.1 Å². The van der Waals surface area contributed by atoms with Crippen molar-refractivity contribution < 1.29 is 14.7 Å². The smallest absolute Gasteiger partial charge is 0.317 e. The number of nitrogen functional groups attached to an aromatic ring is 1. The highest BCUT2D eigenvalue weighted by atomic mass is 16.4. The molecule has 0 unspecified atom stereocenters. The van der Waals surface area contributed by atoms with Gasteiger partial charge in [-0.2, -0.15) is 0 Å². The molecule has 0 aromatic heterocycles. The molecular formula is C15H21N3O3. The van der Waals surface area contributed by atoms with Gasteiger partial charge in [-0.3, -0.25) is 14.5 Å². The molecule has 1 heterocycles. The Balaban J connectivity index is 1.74. The number of anilines is 1. The number of piperazine rings is 1. The molecule has 2 rings (SSSR count). The number of hydrogen-bond acceptors (Lipinski definition) is 4. The molecule has 1 aliphatic rings. The van der Waals surface area contributed by atoms with Crippen molar-refractivity contribution in [3.8, 4) is 0 Å². The maximum Gasteiger partial charge on any atom is 0.317 e. The molecule has 21 heavy (non-hydrogen) atoms. The first-order valence-corrected chi connectivity index (χ1v) is 7.11. The van der Waals surface area contributed by atoms with Crippen molar-refractivity contribution in [2.75, 3.05) is 38.5 Å². The standard InChI is InChI=1S/C15H21N3O3/c16-13-4-1-12(2-5-13)3-6-14(19)18-9-7-17(8-10-18)11-15(20)21/h1-2,4-5H,3,6-11,16H2,(H,20,21). The van der Waals surface area contributed by atoms with E-state index in [0.717, 1.165) is 11.3 Å². The lowest BCUT2D eigenvalue weighted by Crippen LogP contribution is -2.49. The predicted octanol–water partition coefficient (Wildman–Crippen LogP) is 0.430. The number of amides is 1. The van der Waals surface area contributed by atoms with Crippen molar-refractivity contribution in [2.24, 2.45) is 0 Å². The number of aliphatic carboxylic acids is 1. The molecule has 1 aromatic rings. The molecule has 114 valence electrons. The second-order valence-corrected chi connectivity index (χ2v) is 5.29. The Kier molecular flexibility index (Phi) is 5.16. The average molecular weight is 291 g/mol. The third kappa shape index (κ3) is 4.75. The molecule has 6 heteroatoms. The second kappa shape index (κ2) is 7.08. The Hall–Kier alpha value is -2.08. The number of aryl methyl sites for hydroxylation is 1. The third-order valence-electron chi connectivity index (χ3n) is 3.69. The molecule has 1 fully saturated rings. The highest BCUT2D eigenvalue weighted by Gasteiger charge is 2.21. The fraction of sp³-hybridized carbons (Fsp3) is 0.467. The lowest BCUT2D eigenvalue weighted by Gasteiger charge is -2.33. The van der Waals surface area contributed by atoms with Crippen LogP contribution in [0.15, 0.2) is 24.3 Å². The van der Waals surface area contributed by atoms with Gasteiger partial charge in [-0.15, -0.1) is 0 Å². The van der Waals surface area contributed by atoms with Gasteiger partial charge in [0.1, 0.15) is 0 Å². The predicted molar refractivity (Wildman–Crippen MR) is 79.8 cm³/mol. The fourth-order valence-corrected chi connectivity index (χ4v) is 2.44. The van der Waals surface area contributed by atoms with Gasteiger partial charge in [-0.05, 0) is 24.1 Å². The van der Waals surface area contributed by atoms with Gasteiger partial charge in [0, 0.05) is 38.3 Å². The van der Waals surface area contributed by atoms with Crippen LogP contribution in [0.2, 0.25) is 0 Å². The zero-order valence-electron chi connectivity index (χ0n) is 12.0. The van der Waals surface area contributed by atoms with Crippen LogP contribution in [0.1, 0.15) is 12.0 Å². The summed E-state index contributed by atoms with van der Waals surface area (Å²) in [5.74, 6) is -0.695. The molecule has 1 aromatic carbocycles. The van der Waals surface area contributed by atoms with Crippen LogP contribution in [0.4, 0.5) is 5.69 Å². The van der Waals surface area contributed by atoms with Crippen LogP contribution in [0.3, 0.4) is 0 Å². The number of hydrogen-bond donors (Lipinski definition) is 2. The molecule has 0 radical (unpaired) electrons. The van der Waals surface area contributed by atoms with E-state index >= 15 is 0 Å². The van der Waals surface area contributed by atoms with Gasteiger partial charge in [0.15, 0.2) is 0 Å². The topological polar surface area (TPSA) is 86.9 Å². The molecule has 0 atom stereocenters. The van der Waals surface area contributed by atoms with E-state index in [-0.39, 0.29) is 12.5 Å². The quantitative estimate of drug-likeness (QED) is 0.768. The van der Waals surface area contributed by atoms with Crippen LogP contribution in [-0.4, -0.2) is 59.5 Å². The van der Waals surface area contributed by atoms with E-state index < -0.39 is 5.97 Å². The van der Waals surface area contributed by atoms with E-state index in [4.69, 9.17) is 10.8 Å². The molecule has 6 nitrogen and oxygen atoms in total. The lowest BCUT2D eigenvalue weighted by molar-refractivity contribution is -0.139. The SMILES string of the molecule is Nc1ccc(CCC(=O)N2CCN(CC(=O)O)CC2)cc1. The molecule has 0 saturated carbocycles. The van der Waals surface area contributed by atoms with Crippen LogP contribution in [0.5, 0.6) is 0 Å². The summed E-state index contributed by atoms with van der Waals surface area (Å²) < 4.78 is 0. The minimum atomic E-state index is -0.821. The first kappa shape index (κ1) is 15.3. The second-order valence-electron chi connectivity index (χ2n) is 5.29.